The molecule has 0 aromatic heterocycles. The van der Waals surface area contributed by atoms with E-state index in [4.69, 9.17) is 4.74 Å². The van der Waals surface area contributed by atoms with Crippen molar-refractivity contribution in [1.82, 2.24) is 9.80 Å². The molecule has 2 aliphatic rings. The molecule has 3 rings (SSSR count). The second-order valence-corrected chi connectivity index (χ2v) is 5.32. The number of benzene rings is 1. The van der Waals surface area contributed by atoms with Crippen LogP contribution in [0.15, 0.2) is 24.3 Å². The molecule has 0 spiro atoms. The lowest BCUT2D eigenvalue weighted by molar-refractivity contribution is -0.139. The van der Waals surface area contributed by atoms with Crippen molar-refractivity contribution < 1.29 is 19.1 Å². The Balaban J connectivity index is 1.86. The SMILES string of the molecule is COCC(=O)N1CCN2C(=O)c3ccccc3NC(=O)[C@H]2C1. The third-order valence-corrected chi connectivity index (χ3v) is 3.98. The summed E-state index contributed by atoms with van der Waals surface area (Å²) in [6, 6.07) is 6.27. The summed E-state index contributed by atoms with van der Waals surface area (Å²) in [6.45, 7) is 0.900. The number of amides is 3. The minimum Gasteiger partial charge on any atom is -0.375 e. The molecule has 0 aliphatic carbocycles. The lowest BCUT2D eigenvalue weighted by Crippen LogP contribution is -2.59. The Hall–Kier alpha value is -2.41. The van der Waals surface area contributed by atoms with Crippen molar-refractivity contribution >= 4 is 23.4 Å². The Labute approximate surface area is 127 Å². The van der Waals surface area contributed by atoms with E-state index in [-0.39, 0.29) is 30.9 Å². The van der Waals surface area contributed by atoms with Crippen molar-refractivity contribution in [3.8, 4) is 0 Å². The number of nitrogens with one attached hydrogen (secondary N) is 1. The van der Waals surface area contributed by atoms with Crippen LogP contribution in [-0.2, 0) is 14.3 Å². The second-order valence-electron chi connectivity index (χ2n) is 5.32. The number of para-hydroxylation sites is 1. The monoisotopic (exact) mass is 303 g/mol. The van der Waals surface area contributed by atoms with Crippen LogP contribution in [0.3, 0.4) is 0 Å². The zero-order valence-electron chi connectivity index (χ0n) is 12.2. The average Bonchev–Trinajstić information content (AvgIpc) is 2.63. The molecule has 1 fully saturated rings. The summed E-state index contributed by atoms with van der Waals surface area (Å²) in [7, 11) is 1.45. The molecule has 7 nitrogen and oxygen atoms in total. The van der Waals surface area contributed by atoms with E-state index in [1.54, 1.807) is 29.2 Å². The number of hydrogen-bond acceptors (Lipinski definition) is 4. The minimum atomic E-state index is -0.672. The number of carbonyl (C=O) groups is 3. The maximum Gasteiger partial charge on any atom is 0.256 e. The highest BCUT2D eigenvalue weighted by molar-refractivity contribution is 6.10. The first-order valence-electron chi connectivity index (χ1n) is 7.09. The molecule has 0 bridgehead atoms. The Bertz CT molecular complexity index is 631. The van der Waals surface area contributed by atoms with Gasteiger partial charge in [-0.1, -0.05) is 12.1 Å². The number of carbonyl (C=O) groups excluding carboxylic acids is 3. The van der Waals surface area contributed by atoms with E-state index in [0.29, 0.717) is 24.3 Å². The fraction of sp³-hybridized carbons (Fsp3) is 0.400. The van der Waals surface area contributed by atoms with Crippen molar-refractivity contribution in [2.75, 3.05) is 38.7 Å². The second kappa shape index (κ2) is 5.76. The summed E-state index contributed by atoms with van der Waals surface area (Å²) < 4.78 is 4.84. The van der Waals surface area contributed by atoms with Crippen molar-refractivity contribution in [2.24, 2.45) is 0 Å². The minimum absolute atomic E-state index is 0.0253. The van der Waals surface area contributed by atoms with Gasteiger partial charge in [0.05, 0.1) is 17.8 Å². The van der Waals surface area contributed by atoms with Gasteiger partial charge in [-0.15, -0.1) is 0 Å². The van der Waals surface area contributed by atoms with E-state index < -0.39 is 6.04 Å². The lowest BCUT2D eigenvalue weighted by atomic mass is 10.1. The van der Waals surface area contributed by atoms with Crippen LogP contribution in [0.5, 0.6) is 0 Å². The fourth-order valence-corrected chi connectivity index (χ4v) is 2.84. The number of anilines is 1. The van der Waals surface area contributed by atoms with Gasteiger partial charge in [0.1, 0.15) is 12.6 Å². The van der Waals surface area contributed by atoms with Crippen molar-refractivity contribution in [3.05, 3.63) is 29.8 Å². The van der Waals surface area contributed by atoms with Gasteiger partial charge in [-0.2, -0.15) is 0 Å². The standard InChI is InChI=1S/C15H17N3O4/c1-22-9-13(19)17-6-7-18-12(8-17)14(20)16-11-5-3-2-4-10(11)15(18)21/h2-5,12H,6-9H2,1H3,(H,16,20)/t12-/m1/s1. The maximum atomic E-state index is 12.6. The third kappa shape index (κ3) is 2.43. The zero-order valence-corrected chi connectivity index (χ0v) is 12.2. The number of rotatable bonds is 2. The van der Waals surface area contributed by atoms with Gasteiger partial charge in [0.25, 0.3) is 5.91 Å². The van der Waals surface area contributed by atoms with E-state index in [0.717, 1.165) is 0 Å². The molecular formula is C15H17N3O4. The molecule has 1 aromatic rings. The third-order valence-electron chi connectivity index (χ3n) is 3.98. The Kier molecular flexibility index (Phi) is 3.81. The number of methoxy groups -OCH3 is 1. The Morgan fingerprint density at radius 1 is 1.32 bits per heavy atom. The predicted molar refractivity (Wildman–Crippen MR) is 78.4 cm³/mol. The molecule has 2 heterocycles. The molecule has 22 heavy (non-hydrogen) atoms. The van der Waals surface area contributed by atoms with Crippen LogP contribution in [0.4, 0.5) is 5.69 Å². The first kappa shape index (κ1) is 14.5. The number of hydrogen-bond donors (Lipinski definition) is 1. The number of ether oxygens (including phenoxy) is 1. The Morgan fingerprint density at radius 2 is 2.09 bits per heavy atom. The number of piperazine rings is 1. The van der Waals surface area contributed by atoms with Gasteiger partial charge < -0.3 is 19.9 Å². The van der Waals surface area contributed by atoms with Crippen LogP contribution < -0.4 is 5.32 Å². The topological polar surface area (TPSA) is 79.0 Å². The van der Waals surface area contributed by atoms with E-state index in [2.05, 4.69) is 5.32 Å². The molecule has 2 aliphatic heterocycles. The smallest absolute Gasteiger partial charge is 0.256 e. The van der Waals surface area contributed by atoms with Gasteiger partial charge in [0, 0.05) is 20.2 Å². The van der Waals surface area contributed by atoms with Crippen molar-refractivity contribution in [3.63, 3.8) is 0 Å². The molecule has 116 valence electrons. The van der Waals surface area contributed by atoms with E-state index in [1.165, 1.54) is 12.0 Å². The summed E-state index contributed by atoms with van der Waals surface area (Å²) in [6.07, 6.45) is 0. The summed E-state index contributed by atoms with van der Waals surface area (Å²) >= 11 is 0. The highest BCUT2D eigenvalue weighted by Crippen LogP contribution is 2.25. The molecule has 1 N–H and O–H groups in total. The van der Waals surface area contributed by atoms with Crippen molar-refractivity contribution in [2.45, 2.75) is 6.04 Å². The van der Waals surface area contributed by atoms with Gasteiger partial charge in [0.2, 0.25) is 11.8 Å². The number of fused-ring (bicyclic) bond motifs is 2. The number of nitrogens with zero attached hydrogens (tertiary/aromatic N) is 2. The first-order valence-corrected chi connectivity index (χ1v) is 7.09. The van der Waals surface area contributed by atoms with Gasteiger partial charge >= 0.3 is 0 Å². The first-order chi connectivity index (χ1) is 10.6. The molecule has 7 heteroatoms. The molecule has 1 atom stereocenters. The van der Waals surface area contributed by atoms with Crippen molar-refractivity contribution in [1.29, 1.82) is 0 Å². The van der Waals surface area contributed by atoms with E-state index in [1.807, 2.05) is 0 Å². The van der Waals surface area contributed by atoms with Crippen LogP contribution in [0.25, 0.3) is 0 Å². The summed E-state index contributed by atoms with van der Waals surface area (Å²) in [5.41, 5.74) is 0.997. The van der Waals surface area contributed by atoms with Gasteiger partial charge in [0.15, 0.2) is 0 Å². The predicted octanol–water partition coefficient (Wildman–Crippen LogP) is -0.0619. The summed E-state index contributed by atoms with van der Waals surface area (Å²) in [5, 5.41) is 2.77. The molecule has 0 radical (unpaired) electrons. The van der Waals surface area contributed by atoms with Crippen LogP contribution in [0, 0.1) is 0 Å². The molecule has 0 saturated carbocycles. The largest absolute Gasteiger partial charge is 0.375 e. The quantitative estimate of drug-likeness (QED) is 0.830. The van der Waals surface area contributed by atoms with Gasteiger partial charge in [-0.25, -0.2) is 0 Å². The summed E-state index contributed by atoms with van der Waals surface area (Å²) in [4.78, 5) is 40.1. The normalized spacial score (nSPS) is 20.9. The Morgan fingerprint density at radius 3 is 2.86 bits per heavy atom. The molecule has 1 aromatic carbocycles. The molecule has 3 amide bonds. The fourth-order valence-electron chi connectivity index (χ4n) is 2.84. The van der Waals surface area contributed by atoms with Crippen LogP contribution in [0.1, 0.15) is 10.4 Å². The zero-order chi connectivity index (χ0) is 15.7. The lowest BCUT2D eigenvalue weighted by Gasteiger charge is -2.39. The highest BCUT2D eigenvalue weighted by Gasteiger charge is 2.40. The van der Waals surface area contributed by atoms with Crippen LogP contribution in [-0.4, -0.2) is 66.9 Å². The van der Waals surface area contributed by atoms with E-state index in [9.17, 15) is 14.4 Å². The van der Waals surface area contributed by atoms with Crippen LogP contribution >= 0.6 is 0 Å². The molecule has 1 saturated heterocycles. The average molecular weight is 303 g/mol. The maximum absolute atomic E-state index is 12.6. The summed E-state index contributed by atoms with van der Waals surface area (Å²) in [5.74, 6) is -0.629. The van der Waals surface area contributed by atoms with Gasteiger partial charge in [-0.3, -0.25) is 14.4 Å². The van der Waals surface area contributed by atoms with E-state index >= 15 is 0 Å². The highest BCUT2D eigenvalue weighted by atomic mass is 16.5. The molecular weight excluding hydrogens is 286 g/mol. The molecule has 0 unspecified atom stereocenters. The van der Waals surface area contributed by atoms with Gasteiger partial charge in [-0.05, 0) is 12.1 Å². The van der Waals surface area contributed by atoms with Crippen LogP contribution in [0.2, 0.25) is 0 Å².